The highest BCUT2D eigenvalue weighted by atomic mass is 16.5. The van der Waals surface area contributed by atoms with Crippen molar-refractivity contribution in [3.8, 4) is 11.4 Å². The first-order valence-corrected chi connectivity index (χ1v) is 11.1. The molecule has 6 heteroatoms. The number of nitrogens with zero attached hydrogens (tertiary/aromatic N) is 3. The zero-order chi connectivity index (χ0) is 23.8. The van der Waals surface area contributed by atoms with Crippen molar-refractivity contribution in [2.75, 3.05) is 5.32 Å². The summed E-state index contributed by atoms with van der Waals surface area (Å²) in [6.45, 7) is 12.0. The molecule has 1 N–H and O–H groups in total. The molecule has 0 atom stereocenters. The quantitative estimate of drug-likeness (QED) is 0.423. The normalized spacial score (nSPS) is 12.1. The molecule has 0 aliphatic heterocycles. The Labute approximate surface area is 194 Å². The van der Waals surface area contributed by atoms with Crippen molar-refractivity contribution in [2.45, 2.75) is 52.6 Å². The molecule has 0 fully saturated rings. The van der Waals surface area contributed by atoms with Crippen molar-refractivity contribution < 1.29 is 9.53 Å². The summed E-state index contributed by atoms with van der Waals surface area (Å²) in [6, 6.07) is 21.4. The minimum absolute atomic E-state index is 0.0609. The van der Waals surface area contributed by atoms with Crippen LogP contribution in [-0.2, 0) is 10.2 Å². The Balaban J connectivity index is 1.48. The van der Waals surface area contributed by atoms with E-state index in [0.717, 1.165) is 11.2 Å². The second-order valence-corrected chi connectivity index (χ2v) is 9.87. The summed E-state index contributed by atoms with van der Waals surface area (Å²) in [6.07, 6.45) is 0. The van der Waals surface area contributed by atoms with Crippen LogP contribution in [-0.4, -0.2) is 26.5 Å². The van der Waals surface area contributed by atoms with E-state index in [9.17, 15) is 4.79 Å². The van der Waals surface area contributed by atoms with Crippen LogP contribution in [0.5, 0.6) is 5.75 Å². The van der Waals surface area contributed by atoms with Crippen molar-refractivity contribution in [1.82, 2.24) is 15.0 Å². The molecule has 0 bridgehead atoms. The molecule has 170 valence electrons. The number of benzene rings is 3. The number of carbonyl (C=O) groups is 1. The molecule has 0 unspecified atom stereocenters. The van der Waals surface area contributed by atoms with E-state index in [-0.39, 0.29) is 11.3 Å². The van der Waals surface area contributed by atoms with Gasteiger partial charge in [0.05, 0.1) is 5.69 Å². The molecule has 33 heavy (non-hydrogen) atoms. The van der Waals surface area contributed by atoms with Gasteiger partial charge in [-0.3, -0.25) is 4.79 Å². The molecule has 0 aliphatic rings. The summed E-state index contributed by atoms with van der Waals surface area (Å²) >= 11 is 0. The highest BCUT2D eigenvalue weighted by Gasteiger charge is 2.30. The fourth-order valence-corrected chi connectivity index (χ4v) is 3.43. The number of aryl methyl sites for hydroxylation is 1. The highest BCUT2D eigenvalue weighted by Crippen LogP contribution is 2.27. The van der Waals surface area contributed by atoms with Gasteiger partial charge in [-0.15, -0.1) is 10.2 Å². The number of ether oxygens (including phenoxy) is 1. The largest absolute Gasteiger partial charge is 0.478 e. The van der Waals surface area contributed by atoms with Crippen LogP contribution in [0.1, 0.15) is 45.7 Å². The zero-order valence-electron chi connectivity index (χ0n) is 20.0. The smallest absolute Gasteiger partial charge is 0.267 e. The van der Waals surface area contributed by atoms with Crippen molar-refractivity contribution in [3.63, 3.8) is 0 Å². The lowest BCUT2D eigenvalue weighted by atomic mass is 9.87. The van der Waals surface area contributed by atoms with Crippen molar-refractivity contribution in [2.24, 2.45) is 0 Å². The predicted molar refractivity (Wildman–Crippen MR) is 132 cm³/mol. The molecule has 4 aromatic rings. The SMILES string of the molecule is Cc1ccc(-n2nc3ccc(NC(=O)C(C)(C)Oc4ccc(C(C)(C)C)cc4)cc3n2)cc1. The van der Waals surface area contributed by atoms with Crippen LogP contribution in [0, 0.1) is 6.92 Å². The lowest BCUT2D eigenvalue weighted by Crippen LogP contribution is -2.42. The molecule has 0 saturated heterocycles. The average molecular weight is 443 g/mol. The third-order valence-corrected chi connectivity index (χ3v) is 5.54. The first-order chi connectivity index (χ1) is 15.5. The minimum atomic E-state index is -1.06. The maximum atomic E-state index is 13.0. The van der Waals surface area contributed by atoms with E-state index in [2.05, 4.69) is 36.3 Å². The molecule has 0 aliphatic carbocycles. The molecule has 1 aromatic heterocycles. The maximum Gasteiger partial charge on any atom is 0.267 e. The maximum absolute atomic E-state index is 13.0. The Morgan fingerprint density at radius 3 is 2.12 bits per heavy atom. The van der Waals surface area contributed by atoms with Gasteiger partial charge in [0, 0.05) is 5.69 Å². The zero-order valence-corrected chi connectivity index (χ0v) is 20.0. The number of fused-ring (bicyclic) bond motifs is 1. The Morgan fingerprint density at radius 1 is 0.848 bits per heavy atom. The Hall–Kier alpha value is -3.67. The fourth-order valence-electron chi connectivity index (χ4n) is 3.43. The second-order valence-electron chi connectivity index (χ2n) is 9.87. The Morgan fingerprint density at radius 2 is 1.48 bits per heavy atom. The first kappa shape index (κ1) is 22.5. The lowest BCUT2D eigenvalue weighted by molar-refractivity contribution is -0.128. The molecular formula is C27H30N4O2. The van der Waals surface area contributed by atoms with Gasteiger partial charge in [-0.25, -0.2) is 0 Å². The molecular weight excluding hydrogens is 412 g/mol. The summed E-state index contributed by atoms with van der Waals surface area (Å²) in [7, 11) is 0. The van der Waals surface area contributed by atoms with E-state index in [1.54, 1.807) is 18.6 Å². The molecule has 1 heterocycles. The average Bonchev–Trinajstić information content (AvgIpc) is 3.17. The number of nitrogens with one attached hydrogen (secondary N) is 1. The van der Waals surface area contributed by atoms with Gasteiger partial charge in [0.1, 0.15) is 16.8 Å². The predicted octanol–water partition coefficient (Wildman–Crippen LogP) is 5.82. The van der Waals surface area contributed by atoms with E-state index in [1.165, 1.54) is 11.1 Å². The number of amides is 1. The number of anilines is 1. The van der Waals surface area contributed by atoms with Crippen LogP contribution in [0.3, 0.4) is 0 Å². The number of rotatable bonds is 5. The van der Waals surface area contributed by atoms with E-state index in [1.807, 2.05) is 73.7 Å². The van der Waals surface area contributed by atoms with Gasteiger partial charge in [0.2, 0.25) is 0 Å². The summed E-state index contributed by atoms with van der Waals surface area (Å²) in [4.78, 5) is 14.6. The van der Waals surface area contributed by atoms with Crippen LogP contribution in [0.2, 0.25) is 0 Å². The van der Waals surface area contributed by atoms with Gasteiger partial charge in [0.25, 0.3) is 5.91 Å². The molecule has 0 radical (unpaired) electrons. The summed E-state index contributed by atoms with van der Waals surface area (Å²) in [5, 5.41) is 12.0. The highest BCUT2D eigenvalue weighted by molar-refractivity contribution is 5.98. The monoisotopic (exact) mass is 442 g/mol. The van der Waals surface area contributed by atoms with Gasteiger partial charge >= 0.3 is 0 Å². The van der Waals surface area contributed by atoms with Gasteiger partial charge in [0.15, 0.2) is 5.60 Å². The molecule has 0 spiro atoms. The third kappa shape index (κ3) is 5.06. The fraction of sp³-hybridized carbons (Fsp3) is 0.296. The molecule has 6 nitrogen and oxygen atoms in total. The molecule has 3 aromatic carbocycles. The van der Waals surface area contributed by atoms with Crippen molar-refractivity contribution >= 4 is 22.6 Å². The molecule has 1 amide bonds. The van der Waals surface area contributed by atoms with Crippen molar-refractivity contribution in [3.05, 3.63) is 77.9 Å². The third-order valence-electron chi connectivity index (χ3n) is 5.54. The molecule has 0 saturated carbocycles. The van der Waals surface area contributed by atoms with Crippen LogP contribution in [0.25, 0.3) is 16.7 Å². The summed E-state index contributed by atoms with van der Waals surface area (Å²) in [5.41, 5.74) is 4.37. The second kappa shape index (κ2) is 8.35. The number of hydrogen-bond donors (Lipinski definition) is 1. The standard InChI is InChI=1S/C27H30N4O2/c1-18-7-12-21(13-8-18)31-29-23-16-11-20(17-24(23)30-31)28-25(32)27(5,6)33-22-14-9-19(10-15-22)26(2,3)4/h7-17H,1-6H3,(H,28,32). The number of hydrogen-bond acceptors (Lipinski definition) is 4. The summed E-state index contributed by atoms with van der Waals surface area (Å²) in [5.74, 6) is 0.410. The van der Waals surface area contributed by atoms with E-state index in [4.69, 9.17) is 4.74 Å². The lowest BCUT2D eigenvalue weighted by Gasteiger charge is -2.26. The van der Waals surface area contributed by atoms with E-state index < -0.39 is 5.60 Å². The first-order valence-electron chi connectivity index (χ1n) is 11.1. The number of aromatic nitrogens is 3. The van der Waals surface area contributed by atoms with Crippen LogP contribution < -0.4 is 10.1 Å². The van der Waals surface area contributed by atoms with Gasteiger partial charge in [-0.05, 0) is 74.2 Å². The number of carbonyl (C=O) groups excluding carboxylic acids is 1. The van der Waals surface area contributed by atoms with Crippen LogP contribution >= 0.6 is 0 Å². The summed E-state index contributed by atoms with van der Waals surface area (Å²) < 4.78 is 6.02. The topological polar surface area (TPSA) is 69.0 Å². The van der Waals surface area contributed by atoms with Gasteiger partial charge in [-0.1, -0.05) is 50.6 Å². The van der Waals surface area contributed by atoms with Crippen molar-refractivity contribution in [1.29, 1.82) is 0 Å². The molecule has 4 rings (SSSR count). The van der Waals surface area contributed by atoms with Crippen LogP contribution in [0.4, 0.5) is 5.69 Å². The van der Waals surface area contributed by atoms with E-state index >= 15 is 0 Å². The Kier molecular flexibility index (Phi) is 5.70. The Bertz CT molecular complexity index is 1280. The minimum Gasteiger partial charge on any atom is -0.478 e. The van der Waals surface area contributed by atoms with E-state index in [0.29, 0.717) is 17.0 Å². The van der Waals surface area contributed by atoms with Gasteiger partial charge in [-0.2, -0.15) is 4.80 Å². The van der Waals surface area contributed by atoms with Gasteiger partial charge < -0.3 is 10.1 Å². The van der Waals surface area contributed by atoms with Crippen LogP contribution in [0.15, 0.2) is 66.7 Å².